The number of halogens is 2. The van der Waals surface area contributed by atoms with Crippen LogP contribution >= 0.6 is 23.4 Å². The molecule has 0 spiro atoms. The molecule has 0 aliphatic carbocycles. The monoisotopic (exact) mass is 382 g/mol. The average molecular weight is 383 g/mol. The van der Waals surface area contributed by atoms with Crippen LogP contribution in [0.5, 0.6) is 0 Å². The smallest absolute Gasteiger partial charge is 0.313 e. The van der Waals surface area contributed by atoms with Gasteiger partial charge in [-0.1, -0.05) is 23.7 Å². The van der Waals surface area contributed by atoms with Gasteiger partial charge >= 0.3 is 11.8 Å². The molecule has 0 aliphatic rings. The van der Waals surface area contributed by atoms with Gasteiger partial charge in [0.25, 0.3) is 0 Å². The summed E-state index contributed by atoms with van der Waals surface area (Å²) in [5, 5.41) is 14.5. The van der Waals surface area contributed by atoms with Gasteiger partial charge in [0.05, 0.1) is 11.1 Å². The maximum Gasteiger partial charge on any atom is 0.313 e. The molecule has 0 radical (unpaired) electrons. The van der Waals surface area contributed by atoms with E-state index in [0.717, 1.165) is 11.0 Å². The number of benzene rings is 2. The number of carbonyl (C=O) groups excluding carboxylic acids is 2. The van der Waals surface area contributed by atoms with Crippen molar-refractivity contribution in [3.63, 3.8) is 0 Å². The van der Waals surface area contributed by atoms with Crippen molar-refractivity contribution in [2.24, 2.45) is 0 Å². The Bertz CT molecular complexity index is 771. The van der Waals surface area contributed by atoms with Gasteiger partial charge in [0.2, 0.25) is 0 Å². The summed E-state index contributed by atoms with van der Waals surface area (Å²) >= 11 is 7.18. The standard InChI is InChI=1S/C17H16ClFN2O3S/c1-25-12-5-2-10(3-6-12)15(22)9-20-16(23)17(24)21-11-4-7-14(19)13(18)8-11/h2-8,15,22H,9H2,1H3,(H,20,23)(H,21,24)/t15-/m1/s1. The zero-order chi connectivity index (χ0) is 18.4. The summed E-state index contributed by atoms with van der Waals surface area (Å²) in [6.07, 6.45) is 1.01. The van der Waals surface area contributed by atoms with Crippen molar-refractivity contribution in [2.45, 2.75) is 11.0 Å². The van der Waals surface area contributed by atoms with Crippen LogP contribution in [0.1, 0.15) is 11.7 Å². The molecule has 2 rings (SSSR count). The number of hydrogen-bond acceptors (Lipinski definition) is 4. The number of thioether (sulfide) groups is 1. The fraction of sp³-hybridized carbons (Fsp3) is 0.176. The minimum Gasteiger partial charge on any atom is -0.387 e. The van der Waals surface area contributed by atoms with Crippen LogP contribution in [-0.2, 0) is 9.59 Å². The second kappa shape index (κ2) is 8.84. The van der Waals surface area contributed by atoms with Crippen LogP contribution in [0.15, 0.2) is 47.4 Å². The quantitative estimate of drug-likeness (QED) is 0.548. The summed E-state index contributed by atoms with van der Waals surface area (Å²) in [4.78, 5) is 24.6. The van der Waals surface area contributed by atoms with Crippen molar-refractivity contribution in [2.75, 3.05) is 18.1 Å². The minimum atomic E-state index is -0.937. The number of aliphatic hydroxyl groups excluding tert-OH is 1. The van der Waals surface area contributed by atoms with Crippen molar-refractivity contribution < 1.29 is 19.1 Å². The minimum absolute atomic E-state index is 0.116. The van der Waals surface area contributed by atoms with E-state index in [1.807, 2.05) is 18.4 Å². The summed E-state index contributed by atoms with van der Waals surface area (Å²) < 4.78 is 13.1. The second-order valence-electron chi connectivity index (χ2n) is 5.08. The van der Waals surface area contributed by atoms with Crippen molar-refractivity contribution in [1.29, 1.82) is 0 Å². The molecule has 0 aliphatic heterocycles. The van der Waals surface area contributed by atoms with E-state index in [1.54, 1.807) is 23.9 Å². The van der Waals surface area contributed by atoms with Gasteiger partial charge in [0, 0.05) is 17.1 Å². The predicted octanol–water partition coefficient (Wildman–Crippen LogP) is 2.99. The number of anilines is 1. The maximum absolute atomic E-state index is 13.1. The van der Waals surface area contributed by atoms with E-state index < -0.39 is 23.7 Å². The third kappa shape index (κ3) is 5.45. The summed E-state index contributed by atoms with van der Waals surface area (Å²) in [6, 6.07) is 10.8. The molecular formula is C17H16ClFN2O3S. The molecule has 0 aromatic heterocycles. The van der Waals surface area contributed by atoms with Crippen molar-refractivity contribution in [3.8, 4) is 0 Å². The number of rotatable bonds is 5. The molecule has 8 heteroatoms. The van der Waals surface area contributed by atoms with E-state index in [2.05, 4.69) is 10.6 Å². The molecule has 2 aromatic rings. The number of amides is 2. The largest absolute Gasteiger partial charge is 0.387 e. The molecule has 132 valence electrons. The molecule has 0 unspecified atom stereocenters. The van der Waals surface area contributed by atoms with E-state index >= 15 is 0 Å². The van der Waals surface area contributed by atoms with Gasteiger partial charge in [0.1, 0.15) is 5.82 Å². The third-order valence-electron chi connectivity index (χ3n) is 3.34. The molecule has 2 amide bonds. The van der Waals surface area contributed by atoms with E-state index in [4.69, 9.17) is 11.6 Å². The summed E-state index contributed by atoms with van der Waals surface area (Å²) in [6.45, 7) is -0.116. The van der Waals surface area contributed by atoms with Crippen LogP contribution < -0.4 is 10.6 Å². The summed E-state index contributed by atoms with van der Waals surface area (Å²) in [5.74, 6) is -2.48. The summed E-state index contributed by atoms with van der Waals surface area (Å²) in [7, 11) is 0. The highest BCUT2D eigenvalue weighted by Gasteiger charge is 2.16. The highest BCUT2D eigenvalue weighted by Crippen LogP contribution is 2.20. The normalized spacial score (nSPS) is 11.7. The Morgan fingerprint density at radius 3 is 2.48 bits per heavy atom. The zero-order valence-corrected chi connectivity index (χ0v) is 14.8. The van der Waals surface area contributed by atoms with Gasteiger partial charge < -0.3 is 15.7 Å². The molecule has 3 N–H and O–H groups in total. The van der Waals surface area contributed by atoms with Gasteiger partial charge in [-0.15, -0.1) is 11.8 Å². The fourth-order valence-electron chi connectivity index (χ4n) is 1.98. The molecular weight excluding hydrogens is 367 g/mol. The fourth-order valence-corrected chi connectivity index (χ4v) is 2.56. The maximum atomic E-state index is 13.1. The number of aliphatic hydroxyl groups is 1. The first-order valence-electron chi connectivity index (χ1n) is 7.27. The zero-order valence-electron chi connectivity index (χ0n) is 13.3. The summed E-state index contributed by atoms with van der Waals surface area (Å²) in [5.41, 5.74) is 0.823. The van der Waals surface area contributed by atoms with E-state index in [0.29, 0.717) is 5.56 Å². The third-order valence-corrected chi connectivity index (χ3v) is 4.37. The highest BCUT2D eigenvalue weighted by atomic mass is 35.5. The lowest BCUT2D eigenvalue weighted by atomic mass is 10.1. The SMILES string of the molecule is CSc1ccc([C@H](O)CNC(=O)C(=O)Nc2ccc(F)c(Cl)c2)cc1. The van der Waals surface area contributed by atoms with E-state index in [9.17, 15) is 19.1 Å². The van der Waals surface area contributed by atoms with Gasteiger partial charge in [0.15, 0.2) is 0 Å². The second-order valence-corrected chi connectivity index (χ2v) is 6.37. The molecule has 0 fully saturated rings. The van der Waals surface area contributed by atoms with Gasteiger partial charge in [-0.05, 0) is 42.2 Å². The highest BCUT2D eigenvalue weighted by molar-refractivity contribution is 7.98. The molecule has 1 atom stereocenters. The lowest BCUT2D eigenvalue weighted by Crippen LogP contribution is -2.37. The lowest BCUT2D eigenvalue weighted by molar-refractivity contribution is -0.136. The Balaban J connectivity index is 1.87. The number of nitrogens with one attached hydrogen (secondary N) is 2. The Hall–Kier alpha value is -2.09. The Morgan fingerprint density at radius 2 is 1.88 bits per heavy atom. The van der Waals surface area contributed by atoms with Crippen LogP contribution in [0.2, 0.25) is 5.02 Å². The van der Waals surface area contributed by atoms with Gasteiger partial charge in [-0.25, -0.2) is 4.39 Å². The molecule has 0 saturated carbocycles. The molecule has 5 nitrogen and oxygen atoms in total. The first-order valence-corrected chi connectivity index (χ1v) is 8.87. The van der Waals surface area contributed by atoms with E-state index in [-0.39, 0.29) is 17.3 Å². The van der Waals surface area contributed by atoms with Crippen molar-refractivity contribution in [3.05, 3.63) is 58.9 Å². The lowest BCUT2D eigenvalue weighted by Gasteiger charge is -2.13. The average Bonchev–Trinajstić information content (AvgIpc) is 2.62. The molecule has 25 heavy (non-hydrogen) atoms. The Morgan fingerprint density at radius 1 is 1.20 bits per heavy atom. The van der Waals surface area contributed by atoms with Crippen LogP contribution in [0.3, 0.4) is 0 Å². The van der Waals surface area contributed by atoms with Crippen molar-refractivity contribution >= 4 is 40.9 Å². The topological polar surface area (TPSA) is 78.4 Å². The first kappa shape index (κ1) is 19.2. The predicted molar refractivity (Wildman–Crippen MR) is 96.2 cm³/mol. The van der Waals surface area contributed by atoms with Crippen LogP contribution in [0.4, 0.5) is 10.1 Å². The number of hydrogen-bond donors (Lipinski definition) is 3. The van der Waals surface area contributed by atoms with Crippen LogP contribution in [0.25, 0.3) is 0 Å². The van der Waals surface area contributed by atoms with E-state index in [1.165, 1.54) is 12.1 Å². The van der Waals surface area contributed by atoms with Gasteiger partial charge in [-0.3, -0.25) is 9.59 Å². The first-order chi connectivity index (χ1) is 11.9. The number of carbonyl (C=O) groups is 2. The van der Waals surface area contributed by atoms with Crippen molar-refractivity contribution in [1.82, 2.24) is 5.32 Å². The molecule has 2 aromatic carbocycles. The molecule has 0 heterocycles. The van der Waals surface area contributed by atoms with Gasteiger partial charge in [-0.2, -0.15) is 0 Å². The van der Waals surface area contributed by atoms with Crippen LogP contribution in [-0.4, -0.2) is 29.7 Å². The molecule has 0 bridgehead atoms. The Kier molecular flexibility index (Phi) is 6.81. The molecule has 0 saturated heterocycles. The van der Waals surface area contributed by atoms with Crippen LogP contribution in [0, 0.1) is 5.82 Å². The Labute approximate surface area is 153 Å².